The van der Waals surface area contributed by atoms with Gasteiger partial charge in [0.05, 0.1) is 18.8 Å². The van der Waals surface area contributed by atoms with Crippen LogP contribution in [0.4, 0.5) is 0 Å². The number of hydrogen-bond acceptors (Lipinski definition) is 3. The van der Waals surface area contributed by atoms with Crippen LogP contribution in [-0.4, -0.2) is 31.0 Å². The molecule has 3 atom stereocenters. The fraction of sp³-hybridized carbons (Fsp3) is 0.571. The van der Waals surface area contributed by atoms with Gasteiger partial charge in [-0.2, -0.15) is 0 Å². The van der Waals surface area contributed by atoms with Crippen molar-refractivity contribution in [2.75, 3.05) is 13.7 Å². The molecule has 0 bridgehead atoms. The summed E-state index contributed by atoms with van der Waals surface area (Å²) in [6, 6.07) is 8.60. The van der Waals surface area contributed by atoms with Crippen molar-refractivity contribution in [2.24, 2.45) is 0 Å². The van der Waals surface area contributed by atoms with Crippen molar-refractivity contribution in [3.63, 3.8) is 0 Å². The van der Waals surface area contributed by atoms with E-state index in [9.17, 15) is 5.11 Å². The van der Waals surface area contributed by atoms with Gasteiger partial charge in [0, 0.05) is 19.6 Å². The van der Waals surface area contributed by atoms with E-state index in [2.05, 4.69) is 24.4 Å². The number of aliphatic hydroxyl groups excluding tert-OH is 1. The maximum absolute atomic E-state index is 10.1. The maximum Gasteiger partial charge on any atom is 0.0775 e. The van der Waals surface area contributed by atoms with Gasteiger partial charge in [0.25, 0.3) is 0 Å². The van der Waals surface area contributed by atoms with Crippen LogP contribution in [0.5, 0.6) is 0 Å². The number of nitrogens with one attached hydrogen (secondary N) is 1. The first kappa shape index (κ1) is 12.6. The Morgan fingerprint density at radius 1 is 1.47 bits per heavy atom. The summed E-state index contributed by atoms with van der Waals surface area (Å²) in [6.45, 7) is 2.81. The van der Waals surface area contributed by atoms with Gasteiger partial charge in [-0.1, -0.05) is 31.2 Å². The Balaban J connectivity index is 2.10. The summed E-state index contributed by atoms with van der Waals surface area (Å²) in [5.41, 5.74) is 2.49. The first-order valence-electron chi connectivity index (χ1n) is 6.27. The Morgan fingerprint density at radius 2 is 2.24 bits per heavy atom. The molecule has 0 spiro atoms. The van der Waals surface area contributed by atoms with Gasteiger partial charge in [0.15, 0.2) is 0 Å². The highest BCUT2D eigenvalue weighted by molar-refractivity contribution is 5.36. The third-order valence-corrected chi connectivity index (χ3v) is 3.48. The molecule has 3 heteroatoms. The van der Waals surface area contributed by atoms with Gasteiger partial charge >= 0.3 is 0 Å². The molecule has 94 valence electrons. The topological polar surface area (TPSA) is 41.5 Å². The standard InChI is InChI=1S/C14H21NO2/c1-3-11(9-17-2)15-14-12-7-5-4-6-10(12)8-13(14)16/h4-7,11,13-16H,3,8-9H2,1-2H3/t11?,13-,14+/m0/s1. The van der Waals surface area contributed by atoms with Crippen molar-refractivity contribution in [2.45, 2.75) is 38.0 Å². The van der Waals surface area contributed by atoms with E-state index < -0.39 is 0 Å². The minimum absolute atomic E-state index is 0.0475. The number of fused-ring (bicyclic) bond motifs is 1. The predicted octanol–water partition coefficient (Wildman–Crippen LogP) is 1.66. The molecule has 17 heavy (non-hydrogen) atoms. The van der Waals surface area contributed by atoms with Crippen molar-refractivity contribution < 1.29 is 9.84 Å². The molecule has 0 aromatic heterocycles. The molecule has 1 aliphatic carbocycles. The molecule has 2 N–H and O–H groups in total. The number of ether oxygens (including phenoxy) is 1. The summed E-state index contributed by atoms with van der Waals surface area (Å²) in [5, 5.41) is 13.6. The fourth-order valence-corrected chi connectivity index (χ4v) is 2.51. The van der Waals surface area contributed by atoms with E-state index in [0.29, 0.717) is 12.6 Å². The van der Waals surface area contributed by atoms with Crippen molar-refractivity contribution >= 4 is 0 Å². The Morgan fingerprint density at radius 3 is 2.94 bits per heavy atom. The minimum Gasteiger partial charge on any atom is -0.391 e. The molecule has 3 nitrogen and oxygen atoms in total. The second-order valence-corrected chi connectivity index (χ2v) is 4.68. The summed E-state index contributed by atoms with van der Waals surface area (Å²) in [6.07, 6.45) is 1.43. The molecule has 0 fully saturated rings. The highest BCUT2D eigenvalue weighted by atomic mass is 16.5. The largest absolute Gasteiger partial charge is 0.391 e. The molecule has 2 rings (SSSR count). The van der Waals surface area contributed by atoms with E-state index in [4.69, 9.17) is 4.74 Å². The second-order valence-electron chi connectivity index (χ2n) is 4.68. The van der Waals surface area contributed by atoms with E-state index in [1.807, 2.05) is 12.1 Å². The summed E-state index contributed by atoms with van der Waals surface area (Å²) < 4.78 is 5.18. The molecule has 0 saturated carbocycles. The SMILES string of the molecule is CCC(COC)N[C@@H]1c2ccccc2C[C@@H]1O. The van der Waals surface area contributed by atoms with Crippen LogP contribution < -0.4 is 5.32 Å². The normalized spacial score (nSPS) is 24.6. The van der Waals surface area contributed by atoms with Crippen LogP contribution in [-0.2, 0) is 11.2 Å². The molecule has 1 unspecified atom stereocenters. The van der Waals surface area contributed by atoms with Gasteiger partial charge in [0.1, 0.15) is 0 Å². The van der Waals surface area contributed by atoms with Crippen LogP contribution in [0.1, 0.15) is 30.5 Å². The van der Waals surface area contributed by atoms with Crippen molar-refractivity contribution in [3.8, 4) is 0 Å². The molecule has 0 saturated heterocycles. The summed E-state index contributed by atoms with van der Waals surface area (Å²) in [4.78, 5) is 0. The monoisotopic (exact) mass is 235 g/mol. The highest BCUT2D eigenvalue weighted by Crippen LogP contribution is 2.31. The average Bonchev–Trinajstić information content (AvgIpc) is 2.65. The van der Waals surface area contributed by atoms with Crippen molar-refractivity contribution in [1.29, 1.82) is 0 Å². The molecular formula is C14H21NO2. The lowest BCUT2D eigenvalue weighted by atomic mass is 10.1. The van der Waals surface area contributed by atoms with Gasteiger partial charge in [-0.05, 0) is 17.5 Å². The first-order valence-corrected chi connectivity index (χ1v) is 6.27. The lowest BCUT2D eigenvalue weighted by Gasteiger charge is -2.24. The molecule has 1 aromatic rings. The van der Waals surface area contributed by atoms with Crippen LogP contribution in [0.15, 0.2) is 24.3 Å². The van der Waals surface area contributed by atoms with Gasteiger partial charge in [-0.25, -0.2) is 0 Å². The van der Waals surface area contributed by atoms with Crippen LogP contribution in [0, 0.1) is 0 Å². The molecule has 1 aliphatic rings. The smallest absolute Gasteiger partial charge is 0.0775 e. The zero-order valence-corrected chi connectivity index (χ0v) is 10.5. The maximum atomic E-state index is 10.1. The number of benzene rings is 1. The third kappa shape index (κ3) is 2.68. The molecular weight excluding hydrogens is 214 g/mol. The van der Waals surface area contributed by atoms with Crippen LogP contribution in [0.3, 0.4) is 0 Å². The summed E-state index contributed by atoms with van der Waals surface area (Å²) in [5.74, 6) is 0. The second kappa shape index (κ2) is 5.63. The third-order valence-electron chi connectivity index (χ3n) is 3.48. The average molecular weight is 235 g/mol. The number of methoxy groups -OCH3 is 1. The number of hydrogen-bond donors (Lipinski definition) is 2. The molecule has 0 heterocycles. The van der Waals surface area contributed by atoms with E-state index in [-0.39, 0.29) is 12.1 Å². The highest BCUT2D eigenvalue weighted by Gasteiger charge is 2.31. The molecule has 0 aliphatic heterocycles. The zero-order chi connectivity index (χ0) is 12.3. The van der Waals surface area contributed by atoms with Gasteiger partial charge < -0.3 is 15.2 Å². The molecule has 0 amide bonds. The Hall–Kier alpha value is -0.900. The minimum atomic E-state index is -0.321. The Kier molecular flexibility index (Phi) is 4.15. The number of aliphatic hydroxyl groups is 1. The Labute approximate surface area is 103 Å². The van der Waals surface area contributed by atoms with Crippen LogP contribution >= 0.6 is 0 Å². The van der Waals surface area contributed by atoms with Gasteiger partial charge in [-0.3, -0.25) is 0 Å². The van der Waals surface area contributed by atoms with E-state index >= 15 is 0 Å². The van der Waals surface area contributed by atoms with Crippen LogP contribution in [0.2, 0.25) is 0 Å². The van der Waals surface area contributed by atoms with Gasteiger partial charge in [-0.15, -0.1) is 0 Å². The van der Waals surface area contributed by atoms with E-state index in [1.54, 1.807) is 7.11 Å². The Bertz CT molecular complexity index is 367. The van der Waals surface area contributed by atoms with Crippen LogP contribution in [0.25, 0.3) is 0 Å². The van der Waals surface area contributed by atoms with E-state index in [0.717, 1.165) is 12.8 Å². The molecule has 0 radical (unpaired) electrons. The predicted molar refractivity (Wildman–Crippen MR) is 68.0 cm³/mol. The quantitative estimate of drug-likeness (QED) is 0.815. The fourth-order valence-electron chi connectivity index (χ4n) is 2.51. The molecule has 1 aromatic carbocycles. The lowest BCUT2D eigenvalue weighted by molar-refractivity contribution is 0.111. The van der Waals surface area contributed by atoms with E-state index in [1.165, 1.54) is 11.1 Å². The summed E-state index contributed by atoms with van der Waals surface area (Å²) in [7, 11) is 1.71. The first-order chi connectivity index (χ1) is 8.26. The summed E-state index contributed by atoms with van der Waals surface area (Å²) >= 11 is 0. The number of rotatable bonds is 5. The zero-order valence-electron chi connectivity index (χ0n) is 10.5. The lowest BCUT2D eigenvalue weighted by Crippen LogP contribution is -2.39. The van der Waals surface area contributed by atoms with Crippen molar-refractivity contribution in [1.82, 2.24) is 5.32 Å². The van der Waals surface area contributed by atoms with Crippen molar-refractivity contribution in [3.05, 3.63) is 35.4 Å². The van der Waals surface area contributed by atoms with Gasteiger partial charge in [0.2, 0.25) is 0 Å².